The molecule has 2 bridgehead atoms. The molecule has 0 aromatic carbocycles. The maximum absolute atomic E-state index is 11.5. The lowest BCUT2D eigenvalue weighted by molar-refractivity contribution is -0.180. The molecule has 0 spiro atoms. The first-order valence-corrected chi connectivity index (χ1v) is 4.38. The van der Waals surface area contributed by atoms with E-state index in [0.29, 0.717) is 19.3 Å². The third kappa shape index (κ3) is 0.866. The van der Waals surface area contributed by atoms with Crippen LogP contribution in [0.3, 0.4) is 0 Å². The molecule has 0 aromatic rings. The van der Waals surface area contributed by atoms with Crippen LogP contribution in [0.1, 0.15) is 33.1 Å². The summed E-state index contributed by atoms with van der Waals surface area (Å²) in [6.45, 7) is 3.65. The first-order valence-electron chi connectivity index (χ1n) is 4.38. The van der Waals surface area contributed by atoms with Crippen LogP contribution >= 0.6 is 0 Å². The van der Waals surface area contributed by atoms with Gasteiger partial charge < -0.3 is 9.84 Å². The van der Waals surface area contributed by atoms with E-state index in [2.05, 4.69) is 0 Å². The molecule has 3 nitrogen and oxygen atoms in total. The molecule has 2 rings (SSSR count). The number of hydrogen-bond donors (Lipinski definition) is 1. The van der Waals surface area contributed by atoms with E-state index in [0.717, 1.165) is 0 Å². The van der Waals surface area contributed by atoms with Gasteiger partial charge in [0.2, 0.25) is 0 Å². The number of aliphatic hydroxyl groups is 1. The summed E-state index contributed by atoms with van der Waals surface area (Å²) in [6, 6.07) is 0. The van der Waals surface area contributed by atoms with Crippen molar-refractivity contribution in [2.45, 2.75) is 50.4 Å². The second-order valence-electron chi connectivity index (χ2n) is 4.30. The Balaban J connectivity index is 2.34. The molecule has 0 unspecified atom stereocenters. The van der Waals surface area contributed by atoms with Crippen molar-refractivity contribution in [1.29, 1.82) is 0 Å². The van der Waals surface area contributed by atoms with Gasteiger partial charge in [-0.05, 0) is 26.7 Å². The summed E-state index contributed by atoms with van der Waals surface area (Å²) in [6.07, 6.45) is 1.23. The molecule has 3 heteroatoms. The predicted octanol–water partition coefficient (Wildman–Crippen LogP) is 0.648. The second kappa shape index (κ2) is 2.09. The molecule has 0 amide bonds. The van der Waals surface area contributed by atoms with Gasteiger partial charge in [0.15, 0.2) is 5.78 Å². The van der Waals surface area contributed by atoms with Crippen molar-refractivity contribution >= 4 is 5.78 Å². The molecule has 3 atom stereocenters. The lowest BCUT2D eigenvalue weighted by Gasteiger charge is -2.38. The molecular weight excluding hydrogens is 156 g/mol. The van der Waals surface area contributed by atoms with Crippen LogP contribution in [0.2, 0.25) is 0 Å². The average Bonchev–Trinajstić information content (AvgIpc) is 2.15. The van der Waals surface area contributed by atoms with Crippen LogP contribution in [-0.4, -0.2) is 28.2 Å². The minimum atomic E-state index is -0.607. The van der Waals surface area contributed by atoms with E-state index in [1.54, 1.807) is 0 Å². The minimum absolute atomic E-state index is 0.140. The van der Waals surface area contributed by atoms with Gasteiger partial charge in [-0.25, -0.2) is 0 Å². The first-order chi connectivity index (χ1) is 5.46. The van der Waals surface area contributed by atoms with E-state index in [1.807, 2.05) is 13.8 Å². The summed E-state index contributed by atoms with van der Waals surface area (Å²) in [5.41, 5.74) is -1.21. The highest BCUT2D eigenvalue weighted by Crippen LogP contribution is 2.45. The number of ether oxygens (including phenoxy) is 1. The van der Waals surface area contributed by atoms with Crippen molar-refractivity contribution in [1.82, 2.24) is 0 Å². The molecule has 0 saturated carbocycles. The molecule has 2 saturated heterocycles. The van der Waals surface area contributed by atoms with Crippen molar-refractivity contribution in [3.8, 4) is 0 Å². The van der Waals surface area contributed by atoms with E-state index >= 15 is 0 Å². The molecule has 2 aliphatic heterocycles. The lowest BCUT2D eigenvalue weighted by Crippen LogP contribution is -2.47. The monoisotopic (exact) mass is 170 g/mol. The van der Waals surface area contributed by atoms with Gasteiger partial charge in [0.1, 0.15) is 5.60 Å². The maximum Gasteiger partial charge on any atom is 0.167 e. The SMILES string of the molecule is C[C@]12CC[C@@H](O)[C@](C)(CC1=O)O2. The fourth-order valence-corrected chi connectivity index (χ4v) is 2.21. The number of rotatable bonds is 0. The number of carbonyl (C=O) groups excluding carboxylic acids is 1. The molecule has 68 valence electrons. The standard InChI is InChI=1S/C9H14O3/c1-8-4-3-6(10)9(2,12-8)5-7(8)11/h6,10H,3-5H2,1-2H3/t6-,8+,9+/m1/s1. The van der Waals surface area contributed by atoms with E-state index in [1.165, 1.54) is 0 Å². The first kappa shape index (κ1) is 8.20. The normalized spacial score (nSPS) is 52.9. The fraction of sp³-hybridized carbons (Fsp3) is 0.889. The van der Waals surface area contributed by atoms with Crippen LogP contribution in [0.25, 0.3) is 0 Å². The molecule has 12 heavy (non-hydrogen) atoms. The zero-order chi connectivity index (χ0) is 8.98. The van der Waals surface area contributed by atoms with Gasteiger partial charge >= 0.3 is 0 Å². The average molecular weight is 170 g/mol. The van der Waals surface area contributed by atoms with Crippen molar-refractivity contribution in [3.63, 3.8) is 0 Å². The lowest BCUT2D eigenvalue weighted by atomic mass is 9.92. The second-order valence-corrected chi connectivity index (χ2v) is 4.30. The summed E-state index contributed by atoms with van der Waals surface area (Å²) in [5, 5.41) is 9.61. The molecule has 2 aliphatic rings. The summed E-state index contributed by atoms with van der Waals surface area (Å²) in [5.74, 6) is 0.140. The Bertz CT molecular complexity index is 238. The Hall–Kier alpha value is -0.410. The maximum atomic E-state index is 11.5. The third-order valence-electron chi connectivity index (χ3n) is 3.16. The van der Waals surface area contributed by atoms with Crippen LogP contribution in [0.4, 0.5) is 0 Å². The number of hydrogen-bond acceptors (Lipinski definition) is 3. The molecule has 0 aromatic heterocycles. The van der Waals surface area contributed by atoms with E-state index < -0.39 is 17.3 Å². The van der Waals surface area contributed by atoms with Crippen molar-refractivity contribution in [3.05, 3.63) is 0 Å². The Labute approximate surface area is 71.7 Å². The highest BCUT2D eigenvalue weighted by atomic mass is 16.5. The predicted molar refractivity (Wildman–Crippen MR) is 42.8 cm³/mol. The third-order valence-corrected chi connectivity index (χ3v) is 3.16. The van der Waals surface area contributed by atoms with E-state index in [9.17, 15) is 9.90 Å². The highest BCUT2D eigenvalue weighted by molar-refractivity contribution is 5.90. The van der Waals surface area contributed by atoms with Gasteiger partial charge in [-0.1, -0.05) is 0 Å². The summed E-state index contributed by atoms with van der Waals surface area (Å²) in [7, 11) is 0. The molecule has 0 aliphatic carbocycles. The Morgan fingerprint density at radius 2 is 2.25 bits per heavy atom. The zero-order valence-electron chi connectivity index (χ0n) is 7.46. The van der Waals surface area contributed by atoms with E-state index in [-0.39, 0.29) is 5.78 Å². The van der Waals surface area contributed by atoms with Crippen molar-refractivity contribution < 1.29 is 14.6 Å². The summed E-state index contributed by atoms with van der Waals surface area (Å²) >= 11 is 0. The van der Waals surface area contributed by atoms with Crippen LogP contribution < -0.4 is 0 Å². The molecule has 2 heterocycles. The molecule has 0 radical (unpaired) electrons. The van der Waals surface area contributed by atoms with Gasteiger partial charge in [-0.3, -0.25) is 4.79 Å². The van der Waals surface area contributed by atoms with E-state index in [4.69, 9.17) is 4.74 Å². The zero-order valence-corrected chi connectivity index (χ0v) is 7.46. The topological polar surface area (TPSA) is 46.5 Å². The molecule has 1 N–H and O–H groups in total. The molecular formula is C9H14O3. The van der Waals surface area contributed by atoms with Crippen LogP contribution in [-0.2, 0) is 9.53 Å². The number of ketones is 1. The fourth-order valence-electron chi connectivity index (χ4n) is 2.21. The summed E-state index contributed by atoms with van der Waals surface area (Å²) < 4.78 is 5.60. The van der Waals surface area contributed by atoms with Crippen molar-refractivity contribution in [2.24, 2.45) is 0 Å². The van der Waals surface area contributed by atoms with Crippen molar-refractivity contribution in [2.75, 3.05) is 0 Å². The van der Waals surface area contributed by atoms with Crippen LogP contribution in [0, 0.1) is 0 Å². The number of Topliss-reactive ketones (excluding diaryl/α,β-unsaturated/α-hetero) is 1. The van der Waals surface area contributed by atoms with Crippen LogP contribution in [0.15, 0.2) is 0 Å². The smallest absolute Gasteiger partial charge is 0.167 e. The Morgan fingerprint density at radius 1 is 1.58 bits per heavy atom. The Morgan fingerprint density at radius 3 is 2.83 bits per heavy atom. The van der Waals surface area contributed by atoms with Crippen LogP contribution in [0.5, 0.6) is 0 Å². The van der Waals surface area contributed by atoms with Gasteiger partial charge in [-0.15, -0.1) is 0 Å². The van der Waals surface area contributed by atoms with Gasteiger partial charge in [0.05, 0.1) is 11.7 Å². The molecule has 2 fully saturated rings. The largest absolute Gasteiger partial charge is 0.390 e. The number of aliphatic hydroxyl groups excluding tert-OH is 1. The Kier molecular flexibility index (Phi) is 1.43. The quantitative estimate of drug-likeness (QED) is 0.580. The van der Waals surface area contributed by atoms with Gasteiger partial charge in [-0.2, -0.15) is 0 Å². The highest BCUT2D eigenvalue weighted by Gasteiger charge is 2.57. The minimum Gasteiger partial charge on any atom is -0.390 e. The number of carbonyl (C=O) groups is 1. The summed E-state index contributed by atoms with van der Waals surface area (Å²) in [4.78, 5) is 11.5. The van der Waals surface area contributed by atoms with Gasteiger partial charge in [0, 0.05) is 6.42 Å². The number of fused-ring (bicyclic) bond motifs is 2. The van der Waals surface area contributed by atoms with Gasteiger partial charge in [0.25, 0.3) is 0 Å².